The van der Waals surface area contributed by atoms with Crippen molar-refractivity contribution in [3.8, 4) is 11.4 Å². The molecule has 13 heteroatoms. The maximum absolute atomic E-state index is 13.7. The van der Waals surface area contributed by atoms with Crippen LogP contribution in [0.3, 0.4) is 0 Å². The number of ether oxygens (including phenoxy) is 1. The number of hydrogen-bond donors (Lipinski definition) is 2. The van der Waals surface area contributed by atoms with E-state index in [2.05, 4.69) is 30.3 Å². The Morgan fingerprint density at radius 1 is 1.28 bits per heavy atom. The van der Waals surface area contributed by atoms with Gasteiger partial charge in [0.25, 0.3) is 6.43 Å². The average Bonchev–Trinajstić information content (AvgIpc) is 2.77. The van der Waals surface area contributed by atoms with Gasteiger partial charge in [-0.05, 0) is 18.6 Å². The van der Waals surface area contributed by atoms with Crippen LogP contribution in [0.5, 0.6) is 0 Å². The summed E-state index contributed by atoms with van der Waals surface area (Å²) in [5.74, 6) is -0.206. The van der Waals surface area contributed by atoms with E-state index in [0.29, 0.717) is 19.6 Å². The molecule has 1 amide bonds. The lowest BCUT2D eigenvalue weighted by molar-refractivity contribution is -0.137. The highest BCUT2D eigenvalue weighted by molar-refractivity contribution is 5.88. The number of anilines is 2. The Morgan fingerprint density at radius 3 is 2.75 bits per heavy atom. The predicted octanol–water partition coefficient (Wildman–Crippen LogP) is 3.61. The van der Waals surface area contributed by atoms with Crippen molar-refractivity contribution >= 4 is 17.7 Å². The monoisotopic (exact) mass is 458 g/mol. The molecule has 2 aromatic rings. The minimum atomic E-state index is -4.70. The van der Waals surface area contributed by atoms with Gasteiger partial charge in [-0.25, -0.2) is 28.5 Å². The molecule has 1 fully saturated rings. The Bertz CT molecular complexity index is 1020. The molecule has 0 bridgehead atoms. The first kappa shape index (κ1) is 22.1. The third-order valence-corrected chi connectivity index (χ3v) is 5.31. The number of fused-ring (bicyclic) bond motifs is 1. The van der Waals surface area contributed by atoms with Crippen LogP contribution in [0.4, 0.5) is 38.4 Å². The third kappa shape index (κ3) is 4.29. The standard InChI is InChI=1S/C19H19F5N6O2/c1-2-10-7-30(4-3-25-10)12-6-9(19(22,23)24)5-11(28-12)14-13-15(16(20)21)32-18(31)29-17(13)27-8-26-14/h5-6,8,10,15-16,25H,2-4,7H2,1H3,(H,26,27,29,31)/t10-,15?/m0/s1. The largest absolute Gasteiger partial charge is 0.435 e. The molecule has 4 rings (SSSR count). The molecule has 32 heavy (non-hydrogen) atoms. The highest BCUT2D eigenvalue weighted by Gasteiger charge is 2.39. The number of pyridine rings is 1. The fourth-order valence-electron chi connectivity index (χ4n) is 3.72. The molecule has 0 spiro atoms. The van der Waals surface area contributed by atoms with E-state index in [1.54, 1.807) is 4.90 Å². The second kappa shape index (κ2) is 8.45. The van der Waals surface area contributed by atoms with Crippen molar-refractivity contribution in [3.63, 3.8) is 0 Å². The van der Waals surface area contributed by atoms with Gasteiger partial charge in [-0.15, -0.1) is 0 Å². The number of halogens is 5. The molecule has 172 valence electrons. The summed E-state index contributed by atoms with van der Waals surface area (Å²) in [6.07, 6.45) is -9.30. The smallest absolute Gasteiger partial charge is 0.416 e. The topological polar surface area (TPSA) is 92.3 Å². The number of alkyl halides is 5. The number of nitrogens with one attached hydrogen (secondary N) is 2. The number of hydrogen-bond acceptors (Lipinski definition) is 7. The van der Waals surface area contributed by atoms with Crippen LogP contribution in [-0.4, -0.2) is 53.1 Å². The number of carbonyl (C=O) groups excluding carboxylic acids is 1. The Kier molecular flexibility index (Phi) is 5.84. The van der Waals surface area contributed by atoms with E-state index in [1.165, 1.54) is 0 Å². The molecule has 4 heterocycles. The quantitative estimate of drug-likeness (QED) is 0.677. The van der Waals surface area contributed by atoms with Crippen LogP contribution in [0.25, 0.3) is 11.4 Å². The number of aromatic nitrogens is 3. The summed E-state index contributed by atoms with van der Waals surface area (Å²) in [5, 5.41) is 5.45. The van der Waals surface area contributed by atoms with E-state index in [4.69, 9.17) is 0 Å². The lowest BCUT2D eigenvalue weighted by Gasteiger charge is -2.34. The molecule has 0 saturated carbocycles. The van der Waals surface area contributed by atoms with E-state index >= 15 is 0 Å². The number of rotatable bonds is 4. The number of carbonyl (C=O) groups is 1. The average molecular weight is 458 g/mol. The maximum Gasteiger partial charge on any atom is 0.416 e. The molecule has 0 aliphatic carbocycles. The third-order valence-electron chi connectivity index (χ3n) is 5.31. The molecule has 0 aromatic carbocycles. The van der Waals surface area contributed by atoms with Crippen molar-refractivity contribution in [1.82, 2.24) is 20.3 Å². The van der Waals surface area contributed by atoms with Crippen LogP contribution >= 0.6 is 0 Å². The van der Waals surface area contributed by atoms with Crippen molar-refractivity contribution in [2.24, 2.45) is 0 Å². The lowest BCUT2D eigenvalue weighted by atomic mass is 10.0. The van der Waals surface area contributed by atoms with E-state index < -0.39 is 30.4 Å². The van der Waals surface area contributed by atoms with E-state index in [9.17, 15) is 26.7 Å². The molecule has 1 saturated heterocycles. The Hall–Kier alpha value is -3.09. The first-order chi connectivity index (χ1) is 15.2. The van der Waals surface area contributed by atoms with E-state index in [-0.39, 0.29) is 34.6 Å². The summed E-state index contributed by atoms with van der Waals surface area (Å²) in [7, 11) is 0. The van der Waals surface area contributed by atoms with Crippen LogP contribution in [0.2, 0.25) is 0 Å². The van der Waals surface area contributed by atoms with Gasteiger partial charge < -0.3 is 15.0 Å². The van der Waals surface area contributed by atoms with Crippen molar-refractivity contribution in [2.75, 3.05) is 29.9 Å². The molecule has 8 nitrogen and oxygen atoms in total. The highest BCUT2D eigenvalue weighted by atomic mass is 19.4. The Balaban J connectivity index is 1.86. The van der Waals surface area contributed by atoms with Gasteiger partial charge in [-0.3, -0.25) is 5.32 Å². The first-order valence-electron chi connectivity index (χ1n) is 9.86. The lowest BCUT2D eigenvalue weighted by Crippen LogP contribution is -2.50. The first-order valence-corrected chi connectivity index (χ1v) is 9.86. The van der Waals surface area contributed by atoms with Crippen LogP contribution in [0.15, 0.2) is 18.5 Å². The molecule has 2 aliphatic heterocycles. The molecule has 1 unspecified atom stereocenters. The molecule has 2 atom stereocenters. The van der Waals surface area contributed by atoms with Gasteiger partial charge >= 0.3 is 12.3 Å². The minimum Gasteiger partial charge on any atom is -0.435 e. The second-order valence-electron chi connectivity index (χ2n) is 7.37. The van der Waals surface area contributed by atoms with Gasteiger partial charge in [0.1, 0.15) is 23.7 Å². The van der Waals surface area contributed by atoms with Crippen LogP contribution in [0.1, 0.15) is 30.6 Å². The van der Waals surface area contributed by atoms with Gasteiger partial charge in [-0.1, -0.05) is 6.92 Å². The zero-order chi connectivity index (χ0) is 23.0. The summed E-state index contributed by atoms with van der Waals surface area (Å²) >= 11 is 0. The SMILES string of the molecule is CC[C@H]1CN(c2cc(C(F)(F)F)cc(-c3ncnc4c3C(C(F)F)OC(=O)N4)n2)CCN1. The number of nitrogens with zero attached hydrogens (tertiary/aromatic N) is 4. The number of amides is 1. The zero-order valence-corrected chi connectivity index (χ0v) is 16.8. The normalized spacial score (nSPS) is 21.2. The fourth-order valence-corrected chi connectivity index (χ4v) is 3.72. The summed E-state index contributed by atoms with van der Waals surface area (Å²) in [5.41, 5.74) is -1.86. The predicted molar refractivity (Wildman–Crippen MR) is 103 cm³/mol. The molecule has 2 aromatic heterocycles. The molecule has 2 aliphatic rings. The number of piperazine rings is 1. The van der Waals surface area contributed by atoms with Crippen molar-refractivity contribution in [3.05, 3.63) is 29.6 Å². The summed E-state index contributed by atoms with van der Waals surface area (Å²) in [6.45, 7) is 3.37. The fraction of sp³-hybridized carbons (Fsp3) is 0.474. The van der Waals surface area contributed by atoms with Gasteiger partial charge in [0.05, 0.1) is 16.8 Å². The van der Waals surface area contributed by atoms with Crippen LogP contribution < -0.4 is 15.5 Å². The Morgan fingerprint density at radius 2 is 2.06 bits per heavy atom. The Labute approximate surface area is 179 Å². The molecular weight excluding hydrogens is 439 g/mol. The van der Waals surface area contributed by atoms with Crippen LogP contribution in [-0.2, 0) is 10.9 Å². The van der Waals surface area contributed by atoms with Gasteiger partial charge in [0.2, 0.25) is 0 Å². The summed E-state index contributed by atoms with van der Waals surface area (Å²) < 4.78 is 72.9. The second-order valence-corrected chi connectivity index (χ2v) is 7.37. The van der Waals surface area contributed by atoms with Gasteiger partial charge in [0.15, 0.2) is 6.10 Å². The van der Waals surface area contributed by atoms with Crippen LogP contribution in [0, 0.1) is 0 Å². The van der Waals surface area contributed by atoms with E-state index in [0.717, 1.165) is 24.9 Å². The minimum absolute atomic E-state index is 0.0523. The van der Waals surface area contributed by atoms with Crippen molar-refractivity contribution in [2.45, 2.75) is 38.1 Å². The molecular formula is C19H19F5N6O2. The summed E-state index contributed by atoms with van der Waals surface area (Å²) in [6, 6.07) is 1.74. The van der Waals surface area contributed by atoms with E-state index in [1.807, 2.05) is 6.92 Å². The van der Waals surface area contributed by atoms with Gasteiger partial charge in [-0.2, -0.15) is 13.2 Å². The maximum atomic E-state index is 13.7. The number of cyclic esters (lactones) is 1. The van der Waals surface area contributed by atoms with Crippen molar-refractivity contribution < 1.29 is 31.5 Å². The van der Waals surface area contributed by atoms with Gasteiger partial charge in [0, 0.05) is 25.7 Å². The zero-order valence-electron chi connectivity index (χ0n) is 16.8. The highest BCUT2D eigenvalue weighted by Crippen LogP contribution is 2.41. The summed E-state index contributed by atoms with van der Waals surface area (Å²) in [4.78, 5) is 25.3. The molecule has 2 N–H and O–H groups in total. The molecule has 0 radical (unpaired) electrons. The van der Waals surface area contributed by atoms with Crippen molar-refractivity contribution in [1.29, 1.82) is 0 Å².